The summed E-state index contributed by atoms with van der Waals surface area (Å²) in [5, 5.41) is 0. The van der Waals surface area contributed by atoms with E-state index in [0.717, 1.165) is 12.1 Å². The summed E-state index contributed by atoms with van der Waals surface area (Å²) in [6, 6.07) is 1.98. The molecule has 0 aromatic carbocycles. The molecular weight excluding hydrogens is 137 g/mol. The molecule has 52 valence electrons. The number of rotatable bonds is 1. The Morgan fingerprint density at radius 1 is 1.50 bits per heavy atom. The number of hydrogen-bond acceptors (Lipinski definition) is 2. The Kier molecular flexibility index (Phi) is 1.62. The van der Waals surface area contributed by atoms with E-state index in [4.69, 9.17) is 0 Å². The van der Waals surface area contributed by atoms with E-state index in [1.807, 2.05) is 4.98 Å². The van der Waals surface area contributed by atoms with Crippen LogP contribution in [0.25, 0.3) is 0 Å². The molecule has 0 saturated heterocycles. The molecule has 0 aliphatic heterocycles. The van der Waals surface area contributed by atoms with E-state index in [9.17, 15) is 14.0 Å². The fourth-order valence-corrected chi connectivity index (χ4v) is 0.597. The highest BCUT2D eigenvalue weighted by molar-refractivity contribution is 5.74. The number of carbonyl (C=O) groups is 1. The van der Waals surface area contributed by atoms with Gasteiger partial charge in [0, 0.05) is 17.7 Å². The number of nitrogens with one attached hydrogen (secondary N) is 1. The van der Waals surface area contributed by atoms with Crippen molar-refractivity contribution in [2.24, 2.45) is 0 Å². The first kappa shape index (κ1) is 6.67. The van der Waals surface area contributed by atoms with Gasteiger partial charge in [0.05, 0.1) is 0 Å². The molecule has 0 fully saturated rings. The summed E-state index contributed by atoms with van der Waals surface area (Å²) in [6.07, 6.45) is 0.415. The number of aldehydes is 1. The zero-order valence-electron chi connectivity index (χ0n) is 4.93. The van der Waals surface area contributed by atoms with Gasteiger partial charge < -0.3 is 0 Å². The molecule has 1 aromatic heterocycles. The molecule has 1 N–H and O–H groups in total. The van der Waals surface area contributed by atoms with Crippen LogP contribution in [0, 0.1) is 5.95 Å². The van der Waals surface area contributed by atoms with Gasteiger partial charge in [0.1, 0.15) is 6.29 Å². The van der Waals surface area contributed by atoms with Gasteiger partial charge in [-0.2, -0.15) is 4.39 Å². The first-order chi connectivity index (χ1) is 4.72. The zero-order chi connectivity index (χ0) is 7.56. The van der Waals surface area contributed by atoms with Crippen molar-refractivity contribution in [2.45, 2.75) is 0 Å². The minimum Gasteiger partial charge on any atom is -0.299 e. The van der Waals surface area contributed by atoms with Crippen LogP contribution in [-0.4, -0.2) is 11.3 Å². The summed E-state index contributed by atoms with van der Waals surface area (Å²) in [6.45, 7) is 0. The minimum absolute atomic E-state index is 0.0428. The van der Waals surface area contributed by atoms with Gasteiger partial charge in [-0.25, -0.2) is 0 Å². The van der Waals surface area contributed by atoms with Gasteiger partial charge in [-0.3, -0.25) is 14.6 Å². The maximum atomic E-state index is 12.2. The van der Waals surface area contributed by atoms with Crippen LogP contribution in [0.4, 0.5) is 4.39 Å². The molecule has 0 amide bonds. The zero-order valence-corrected chi connectivity index (χ0v) is 4.93. The second-order valence-electron chi connectivity index (χ2n) is 1.74. The second-order valence-corrected chi connectivity index (χ2v) is 1.74. The van der Waals surface area contributed by atoms with E-state index in [1.54, 1.807) is 0 Å². The Hall–Kier alpha value is -1.45. The number of aromatic amines is 1. The summed E-state index contributed by atoms with van der Waals surface area (Å²) in [5.74, 6) is -0.797. The number of hydrogen-bond donors (Lipinski definition) is 1. The summed E-state index contributed by atoms with van der Waals surface area (Å²) in [5.41, 5.74) is -0.566. The molecule has 0 aliphatic carbocycles. The van der Waals surface area contributed by atoms with Gasteiger partial charge in [0.2, 0.25) is 0 Å². The number of pyridine rings is 1. The van der Waals surface area contributed by atoms with Crippen molar-refractivity contribution >= 4 is 6.29 Å². The summed E-state index contributed by atoms with van der Waals surface area (Å²) >= 11 is 0. The van der Waals surface area contributed by atoms with Crippen molar-refractivity contribution in [3.63, 3.8) is 0 Å². The number of aromatic nitrogens is 1. The molecule has 0 unspecified atom stereocenters. The lowest BCUT2D eigenvalue weighted by atomic mass is 10.3. The third kappa shape index (κ3) is 1.28. The van der Waals surface area contributed by atoms with E-state index in [0.29, 0.717) is 6.29 Å². The van der Waals surface area contributed by atoms with Crippen LogP contribution < -0.4 is 5.56 Å². The highest BCUT2D eigenvalue weighted by Crippen LogP contribution is 1.91. The maximum Gasteiger partial charge on any atom is 0.250 e. The van der Waals surface area contributed by atoms with Gasteiger partial charge >= 0.3 is 0 Å². The van der Waals surface area contributed by atoms with E-state index < -0.39 is 11.5 Å². The van der Waals surface area contributed by atoms with E-state index in [1.165, 1.54) is 0 Å². The number of H-pyrrole nitrogens is 1. The van der Waals surface area contributed by atoms with Crippen molar-refractivity contribution in [2.75, 3.05) is 0 Å². The first-order valence-electron chi connectivity index (χ1n) is 2.57. The average molecular weight is 141 g/mol. The molecule has 0 saturated carbocycles. The van der Waals surface area contributed by atoms with Gasteiger partial charge in [0.25, 0.3) is 5.56 Å². The molecule has 0 radical (unpaired) electrons. The first-order valence-corrected chi connectivity index (χ1v) is 2.57. The molecule has 1 rings (SSSR count). The van der Waals surface area contributed by atoms with Crippen LogP contribution in [0.2, 0.25) is 0 Å². The van der Waals surface area contributed by atoms with Gasteiger partial charge in [0.15, 0.2) is 5.95 Å². The van der Waals surface area contributed by atoms with Crippen molar-refractivity contribution in [3.8, 4) is 0 Å². The number of halogens is 1. The maximum absolute atomic E-state index is 12.2. The molecule has 3 nitrogen and oxygen atoms in total. The van der Waals surface area contributed by atoms with Crippen molar-refractivity contribution in [1.29, 1.82) is 0 Å². The fraction of sp³-hybridized carbons (Fsp3) is 0. The van der Waals surface area contributed by atoms with Crippen LogP contribution in [0.3, 0.4) is 0 Å². The summed E-state index contributed by atoms with van der Waals surface area (Å²) < 4.78 is 12.2. The third-order valence-corrected chi connectivity index (χ3v) is 0.970. The Balaban J connectivity index is 3.32. The lowest BCUT2D eigenvalue weighted by Gasteiger charge is -1.87. The molecule has 0 aliphatic rings. The third-order valence-electron chi connectivity index (χ3n) is 0.970. The second kappa shape index (κ2) is 2.43. The Labute approximate surface area is 55.5 Å². The highest BCUT2D eigenvalue weighted by atomic mass is 19.1. The topological polar surface area (TPSA) is 49.9 Å². The molecule has 0 bridgehead atoms. The summed E-state index contributed by atoms with van der Waals surface area (Å²) in [7, 11) is 0. The van der Waals surface area contributed by atoms with Crippen molar-refractivity contribution < 1.29 is 9.18 Å². The SMILES string of the molecule is O=Cc1cc(F)[nH]c(=O)c1. The van der Waals surface area contributed by atoms with Crippen LogP contribution >= 0.6 is 0 Å². The van der Waals surface area contributed by atoms with Gasteiger partial charge in [-0.15, -0.1) is 0 Å². The monoisotopic (exact) mass is 141 g/mol. The lowest BCUT2D eigenvalue weighted by molar-refractivity contribution is 0.112. The predicted octanol–water partition coefficient (Wildman–Crippen LogP) is 0.327. The standard InChI is InChI=1S/C6H4FNO2/c7-5-1-4(3-9)2-6(10)8-5/h1-3H,(H,8,10). The van der Waals surface area contributed by atoms with Crippen LogP contribution in [0.1, 0.15) is 10.4 Å². The van der Waals surface area contributed by atoms with Crippen LogP contribution in [-0.2, 0) is 0 Å². The fourth-order valence-electron chi connectivity index (χ4n) is 0.597. The molecule has 4 heteroatoms. The summed E-state index contributed by atoms with van der Waals surface area (Å²) in [4.78, 5) is 22.3. The largest absolute Gasteiger partial charge is 0.299 e. The number of carbonyl (C=O) groups excluding carboxylic acids is 1. The molecule has 0 spiro atoms. The lowest BCUT2D eigenvalue weighted by Crippen LogP contribution is -2.07. The van der Waals surface area contributed by atoms with Crippen LogP contribution in [0.5, 0.6) is 0 Å². The molecule has 1 heterocycles. The molecule has 0 atom stereocenters. The normalized spacial score (nSPS) is 9.30. The van der Waals surface area contributed by atoms with Gasteiger partial charge in [-0.1, -0.05) is 0 Å². The van der Waals surface area contributed by atoms with E-state index >= 15 is 0 Å². The Bertz CT molecular complexity index is 305. The minimum atomic E-state index is -0.797. The highest BCUT2D eigenvalue weighted by Gasteiger charge is 1.94. The quantitative estimate of drug-likeness (QED) is 0.452. The van der Waals surface area contributed by atoms with E-state index in [-0.39, 0.29) is 5.56 Å². The molecule has 10 heavy (non-hydrogen) atoms. The van der Waals surface area contributed by atoms with Crippen molar-refractivity contribution in [3.05, 3.63) is 34.0 Å². The smallest absolute Gasteiger partial charge is 0.250 e. The molecular formula is C6H4FNO2. The van der Waals surface area contributed by atoms with Crippen molar-refractivity contribution in [1.82, 2.24) is 4.98 Å². The predicted molar refractivity (Wildman–Crippen MR) is 32.4 cm³/mol. The average Bonchev–Trinajstić information content (AvgIpc) is 1.85. The molecule has 1 aromatic rings. The van der Waals surface area contributed by atoms with E-state index in [2.05, 4.69) is 0 Å². The Morgan fingerprint density at radius 2 is 2.20 bits per heavy atom. The van der Waals surface area contributed by atoms with Gasteiger partial charge in [-0.05, 0) is 0 Å². The Morgan fingerprint density at radius 3 is 2.70 bits per heavy atom. The van der Waals surface area contributed by atoms with Crippen LogP contribution in [0.15, 0.2) is 16.9 Å².